The monoisotopic (exact) mass is 369 g/mol. The largest absolute Gasteiger partial charge is 0.491 e. The number of aryl methyl sites for hydroxylation is 1. The first-order valence-corrected chi connectivity index (χ1v) is 9.49. The standard InChI is InChI=1S/C22H27NO4/c24-20(16-23-11-13-26-14-12-23)17-27-21-8-4-7-19(15-21)22(25)10-9-18-5-2-1-3-6-18/h1-8,15,20,24H,9-14,16-17H2/t20-/m1/s1. The summed E-state index contributed by atoms with van der Waals surface area (Å²) < 4.78 is 11.0. The van der Waals surface area contributed by atoms with Gasteiger partial charge in [-0.2, -0.15) is 0 Å². The summed E-state index contributed by atoms with van der Waals surface area (Å²) in [4.78, 5) is 14.6. The van der Waals surface area contributed by atoms with E-state index in [1.165, 1.54) is 0 Å². The number of morpholine rings is 1. The fraction of sp³-hybridized carbons (Fsp3) is 0.409. The summed E-state index contributed by atoms with van der Waals surface area (Å²) in [6.07, 6.45) is 0.622. The number of hydrogen-bond acceptors (Lipinski definition) is 5. The van der Waals surface area contributed by atoms with Gasteiger partial charge in [-0.05, 0) is 24.1 Å². The molecule has 1 aliphatic rings. The number of nitrogens with zero attached hydrogens (tertiary/aromatic N) is 1. The first-order valence-electron chi connectivity index (χ1n) is 9.49. The SMILES string of the molecule is O=C(CCc1ccccc1)c1cccc(OC[C@H](O)CN2CCOCC2)c1. The molecule has 144 valence electrons. The minimum atomic E-state index is -0.569. The highest BCUT2D eigenvalue weighted by atomic mass is 16.5. The van der Waals surface area contributed by atoms with E-state index in [2.05, 4.69) is 4.90 Å². The summed E-state index contributed by atoms with van der Waals surface area (Å²) in [5, 5.41) is 10.2. The second kappa shape index (κ2) is 10.2. The van der Waals surface area contributed by atoms with E-state index in [1.807, 2.05) is 48.5 Å². The molecule has 0 saturated carbocycles. The van der Waals surface area contributed by atoms with Gasteiger partial charge < -0.3 is 14.6 Å². The lowest BCUT2D eigenvalue weighted by molar-refractivity contribution is 0.00465. The molecule has 1 atom stereocenters. The van der Waals surface area contributed by atoms with Gasteiger partial charge in [0.25, 0.3) is 0 Å². The van der Waals surface area contributed by atoms with Gasteiger partial charge in [0.05, 0.1) is 13.2 Å². The van der Waals surface area contributed by atoms with Gasteiger partial charge >= 0.3 is 0 Å². The van der Waals surface area contributed by atoms with Crippen LogP contribution in [0.15, 0.2) is 54.6 Å². The van der Waals surface area contributed by atoms with Gasteiger partial charge in [0.15, 0.2) is 5.78 Å². The van der Waals surface area contributed by atoms with Crippen LogP contribution in [0.2, 0.25) is 0 Å². The Hall–Kier alpha value is -2.21. The number of ether oxygens (including phenoxy) is 2. The highest BCUT2D eigenvalue weighted by Gasteiger charge is 2.15. The Morgan fingerprint density at radius 1 is 1.11 bits per heavy atom. The molecule has 0 aromatic heterocycles. The molecule has 0 bridgehead atoms. The molecule has 3 rings (SSSR count). The number of ketones is 1. The molecule has 5 heteroatoms. The van der Waals surface area contributed by atoms with Crippen LogP contribution in [-0.2, 0) is 11.2 Å². The zero-order valence-corrected chi connectivity index (χ0v) is 15.5. The molecule has 0 amide bonds. The van der Waals surface area contributed by atoms with Crippen LogP contribution in [-0.4, -0.2) is 61.3 Å². The van der Waals surface area contributed by atoms with Crippen LogP contribution >= 0.6 is 0 Å². The molecule has 0 radical (unpaired) electrons. The second-order valence-electron chi connectivity index (χ2n) is 6.81. The number of aliphatic hydroxyl groups excluding tert-OH is 1. The maximum atomic E-state index is 12.4. The van der Waals surface area contributed by atoms with Crippen LogP contribution in [0, 0.1) is 0 Å². The van der Waals surface area contributed by atoms with Crippen LogP contribution in [0.4, 0.5) is 0 Å². The third-order valence-electron chi connectivity index (χ3n) is 4.65. The fourth-order valence-corrected chi connectivity index (χ4v) is 3.13. The molecule has 0 spiro atoms. The van der Waals surface area contributed by atoms with Crippen molar-refractivity contribution in [2.24, 2.45) is 0 Å². The third-order valence-corrected chi connectivity index (χ3v) is 4.65. The number of benzene rings is 2. The van der Waals surface area contributed by atoms with E-state index in [9.17, 15) is 9.90 Å². The summed E-state index contributed by atoms with van der Waals surface area (Å²) in [5.41, 5.74) is 1.80. The fourth-order valence-electron chi connectivity index (χ4n) is 3.13. The Labute approximate surface area is 160 Å². The second-order valence-corrected chi connectivity index (χ2v) is 6.81. The molecule has 1 N–H and O–H groups in total. The van der Waals surface area contributed by atoms with Crippen LogP contribution in [0.1, 0.15) is 22.3 Å². The van der Waals surface area contributed by atoms with E-state index in [1.54, 1.807) is 6.07 Å². The van der Waals surface area contributed by atoms with Crippen molar-refractivity contribution in [2.75, 3.05) is 39.5 Å². The molecule has 27 heavy (non-hydrogen) atoms. The number of rotatable bonds is 9. The molecular weight excluding hydrogens is 342 g/mol. The van der Waals surface area contributed by atoms with E-state index in [-0.39, 0.29) is 12.4 Å². The lowest BCUT2D eigenvalue weighted by atomic mass is 10.0. The van der Waals surface area contributed by atoms with Gasteiger partial charge in [-0.25, -0.2) is 0 Å². The average Bonchev–Trinajstić information content (AvgIpc) is 2.72. The van der Waals surface area contributed by atoms with Crippen molar-refractivity contribution in [2.45, 2.75) is 18.9 Å². The number of hydrogen-bond donors (Lipinski definition) is 1. The van der Waals surface area contributed by atoms with Gasteiger partial charge in [0, 0.05) is 31.6 Å². The minimum Gasteiger partial charge on any atom is -0.491 e. The van der Waals surface area contributed by atoms with Crippen LogP contribution in [0.3, 0.4) is 0 Å². The van der Waals surface area contributed by atoms with Crippen molar-refractivity contribution >= 4 is 5.78 Å². The molecular formula is C22H27NO4. The van der Waals surface area contributed by atoms with Gasteiger partial charge in [-0.1, -0.05) is 42.5 Å². The quantitative estimate of drug-likeness (QED) is 0.689. The summed E-state index contributed by atoms with van der Waals surface area (Å²) in [6.45, 7) is 3.87. The lowest BCUT2D eigenvalue weighted by Gasteiger charge is -2.28. The topological polar surface area (TPSA) is 59.0 Å². The van der Waals surface area contributed by atoms with Gasteiger partial charge in [0.1, 0.15) is 18.5 Å². The molecule has 1 aliphatic heterocycles. The summed E-state index contributed by atoms with van der Waals surface area (Å²) in [6, 6.07) is 17.2. The maximum Gasteiger partial charge on any atom is 0.163 e. The molecule has 2 aromatic carbocycles. The molecule has 1 saturated heterocycles. The van der Waals surface area contributed by atoms with Crippen LogP contribution < -0.4 is 4.74 Å². The number of aliphatic hydroxyl groups is 1. The molecule has 1 fully saturated rings. The zero-order valence-electron chi connectivity index (χ0n) is 15.5. The van der Waals surface area contributed by atoms with E-state index in [4.69, 9.17) is 9.47 Å². The summed E-state index contributed by atoms with van der Waals surface area (Å²) in [5.74, 6) is 0.708. The number of carbonyl (C=O) groups is 1. The van der Waals surface area contributed by atoms with Gasteiger partial charge in [-0.3, -0.25) is 9.69 Å². The van der Waals surface area contributed by atoms with Crippen LogP contribution in [0.25, 0.3) is 0 Å². The van der Waals surface area contributed by atoms with E-state index in [0.717, 1.165) is 25.1 Å². The molecule has 0 unspecified atom stereocenters. The Bertz CT molecular complexity index is 713. The Kier molecular flexibility index (Phi) is 7.39. The van der Waals surface area contributed by atoms with Gasteiger partial charge in [-0.15, -0.1) is 0 Å². The number of β-amino-alcohol motifs (C(OH)–C–C–N with tert-alkyl or cyclic N) is 1. The van der Waals surface area contributed by atoms with E-state index in [0.29, 0.717) is 37.5 Å². The van der Waals surface area contributed by atoms with Gasteiger partial charge in [0.2, 0.25) is 0 Å². The zero-order chi connectivity index (χ0) is 18.9. The Morgan fingerprint density at radius 2 is 1.89 bits per heavy atom. The normalized spacial score (nSPS) is 16.0. The van der Waals surface area contributed by atoms with E-state index < -0.39 is 6.10 Å². The first kappa shape index (κ1) is 19.5. The summed E-state index contributed by atoms with van der Waals surface area (Å²) >= 11 is 0. The highest BCUT2D eigenvalue weighted by Crippen LogP contribution is 2.16. The lowest BCUT2D eigenvalue weighted by Crippen LogP contribution is -2.42. The van der Waals surface area contributed by atoms with Crippen molar-refractivity contribution in [1.29, 1.82) is 0 Å². The van der Waals surface area contributed by atoms with Crippen molar-refractivity contribution in [3.63, 3.8) is 0 Å². The van der Waals surface area contributed by atoms with Crippen molar-refractivity contribution in [3.05, 3.63) is 65.7 Å². The van der Waals surface area contributed by atoms with Crippen LogP contribution in [0.5, 0.6) is 5.75 Å². The predicted molar refractivity (Wildman–Crippen MR) is 104 cm³/mol. The highest BCUT2D eigenvalue weighted by molar-refractivity contribution is 5.96. The molecule has 2 aromatic rings. The average molecular weight is 369 g/mol. The van der Waals surface area contributed by atoms with Crippen molar-refractivity contribution in [1.82, 2.24) is 4.90 Å². The third kappa shape index (κ3) is 6.47. The number of Topliss-reactive ketones (excluding diaryl/α,β-unsaturated/α-hetero) is 1. The molecule has 5 nitrogen and oxygen atoms in total. The Morgan fingerprint density at radius 3 is 2.67 bits per heavy atom. The minimum absolute atomic E-state index is 0.0955. The molecule has 1 heterocycles. The first-order chi connectivity index (χ1) is 13.2. The van der Waals surface area contributed by atoms with Crippen molar-refractivity contribution < 1.29 is 19.4 Å². The predicted octanol–water partition coefficient (Wildman–Crippen LogP) is 2.57. The van der Waals surface area contributed by atoms with E-state index >= 15 is 0 Å². The number of carbonyl (C=O) groups excluding carboxylic acids is 1. The summed E-state index contributed by atoms with van der Waals surface area (Å²) in [7, 11) is 0. The van der Waals surface area contributed by atoms with Crippen molar-refractivity contribution in [3.8, 4) is 5.75 Å². The smallest absolute Gasteiger partial charge is 0.163 e. The Balaban J connectivity index is 1.46. The maximum absolute atomic E-state index is 12.4. The molecule has 0 aliphatic carbocycles.